The Balaban J connectivity index is 3.32. The first kappa shape index (κ1) is 22.8. The normalized spacial score (nSPS) is 12.0. The molecule has 0 radical (unpaired) electrons. The van der Waals surface area contributed by atoms with Crippen molar-refractivity contribution in [2.45, 2.75) is 71.1 Å². The quantitative estimate of drug-likeness (QED) is 0.299. The average Bonchev–Trinajstić information content (AvgIpc) is 2.52. The molecule has 0 aromatic heterocycles. The molecule has 0 saturated carbocycles. The molecule has 2 N–H and O–H groups in total. The fourth-order valence-corrected chi connectivity index (χ4v) is 2.90. The number of hydrogen-bond donors (Lipinski definition) is 2. The Morgan fingerprint density at radius 1 is 0.652 bits per heavy atom. The van der Waals surface area contributed by atoms with E-state index in [2.05, 4.69) is 14.0 Å². The molecule has 0 saturated heterocycles. The Labute approximate surface area is 144 Å². The summed E-state index contributed by atoms with van der Waals surface area (Å²) in [4.78, 5) is 0. The second kappa shape index (κ2) is 16.7. The van der Waals surface area contributed by atoms with Crippen LogP contribution in [0.2, 0.25) is 0 Å². The number of unbranched alkanes of at least 4 members (excludes halogenated alkanes) is 9. The van der Waals surface area contributed by atoms with Gasteiger partial charge in [0.15, 0.2) is 0 Å². The van der Waals surface area contributed by atoms with Gasteiger partial charge >= 0.3 is 0 Å². The van der Waals surface area contributed by atoms with E-state index < -0.39 is 0 Å². The predicted octanol–water partition coefficient (Wildman–Crippen LogP) is 3.36. The molecule has 0 fully saturated rings. The zero-order valence-corrected chi connectivity index (χ0v) is 15.8. The molecule has 0 aromatic rings. The lowest BCUT2D eigenvalue weighted by atomic mass is 10.1. The highest BCUT2D eigenvalue weighted by Gasteiger charge is 2.19. The zero-order valence-electron chi connectivity index (χ0n) is 15.8. The highest BCUT2D eigenvalue weighted by molar-refractivity contribution is 4.47. The van der Waals surface area contributed by atoms with E-state index in [0.717, 1.165) is 19.6 Å². The first-order valence-corrected chi connectivity index (χ1v) is 9.81. The van der Waals surface area contributed by atoms with Crippen molar-refractivity contribution in [2.75, 3.05) is 53.1 Å². The van der Waals surface area contributed by atoms with Gasteiger partial charge in [0.05, 0.1) is 26.9 Å². The van der Waals surface area contributed by atoms with Gasteiger partial charge in [-0.2, -0.15) is 0 Å². The van der Waals surface area contributed by atoms with Crippen LogP contribution >= 0.6 is 0 Å². The summed E-state index contributed by atoms with van der Waals surface area (Å²) in [6, 6.07) is 0. The maximum atomic E-state index is 9.09. The summed E-state index contributed by atoms with van der Waals surface area (Å²) in [6.45, 7) is 6.37. The summed E-state index contributed by atoms with van der Waals surface area (Å²) >= 11 is 0. The van der Waals surface area contributed by atoms with Crippen molar-refractivity contribution < 1.29 is 19.4 Å². The lowest BCUT2D eigenvalue weighted by molar-refractivity contribution is -0.910. The summed E-state index contributed by atoms with van der Waals surface area (Å²) in [6.07, 6.45) is 13.5. The Morgan fingerprint density at radius 2 is 1.13 bits per heavy atom. The van der Waals surface area contributed by atoms with E-state index in [-0.39, 0.29) is 13.2 Å². The van der Waals surface area contributed by atoms with Crippen molar-refractivity contribution in [2.24, 2.45) is 0 Å². The van der Waals surface area contributed by atoms with E-state index in [4.69, 9.17) is 14.9 Å². The van der Waals surface area contributed by atoms with Gasteiger partial charge in [0.1, 0.15) is 19.6 Å². The highest BCUT2D eigenvalue weighted by Crippen LogP contribution is 2.10. The van der Waals surface area contributed by atoms with Gasteiger partial charge in [-0.1, -0.05) is 64.7 Å². The van der Waals surface area contributed by atoms with Crippen LogP contribution in [-0.2, 0) is 4.74 Å². The maximum absolute atomic E-state index is 9.09. The molecule has 0 unspecified atom stereocenters. The number of quaternary nitrogens is 1. The topological polar surface area (TPSA) is 49.7 Å². The molecule has 0 aromatic carbocycles. The van der Waals surface area contributed by atoms with Gasteiger partial charge in [0.25, 0.3) is 0 Å². The molecular formula is C19H42NO3+. The minimum atomic E-state index is 0.162. The SMILES string of the molecule is CCCCCCCCCCCCOCC[N+](C)(CCO)CCO. The monoisotopic (exact) mass is 332 g/mol. The van der Waals surface area contributed by atoms with Gasteiger partial charge < -0.3 is 19.4 Å². The molecule has 0 aliphatic carbocycles. The van der Waals surface area contributed by atoms with Crippen molar-refractivity contribution in [3.63, 3.8) is 0 Å². The van der Waals surface area contributed by atoms with E-state index in [1.54, 1.807) is 0 Å². The number of ether oxygens (including phenoxy) is 1. The summed E-state index contributed by atoms with van der Waals surface area (Å²) in [7, 11) is 2.07. The molecule has 0 heterocycles. The lowest BCUT2D eigenvalue weighted by Crippen LogP contribution is -2.50. The molecule has 23 heavy (non-hydrogen) atoms. The predicted molar refractivity (Wildman–Crippen MR) is 97.6 cm³/mol. The van der Waals surface area contributed by atoms with Crippen LogP contribution in [0.15, 0.2) is 0 Å². The molecule has 0 aliphatic rings. The maximum Gasteiger partial charge on any atom is 0.102 e. The fourth-order valence-electron chi connectivity index (χ4n) is 2.90. The van der Waals surface area contributed by atoms with Crippen molar-refractivity contribution in [1.29, 1.82) is 0 Å². The smallest absolute Gasteiger partial charge is 0.102 e. The molecular weight excluding hydrogens is 290 g/mol. The molecule has 0 aliphatic heterocycles. The van der Waals surface area contributed by atoms with E-state index >= 15 is 0 Å². The third-order valence-electron chi connectivity index (χ3n) is 4.70. The molecule has 4 nitrogen and oxygen atoms in total. The van der Waals surface area contributed by atoms with Gasteiger partial charge in [-0.25, -0.2) is 0 Å². The second-order valence-corrected chi connectivity index (χ2v) is 7.03. The molecule has 0 bridgehead atoms. The van der Waals surface area contributed by atoms with Crippen LogP contribution in [0.25, 0.3) is 0 Å². The number of nitrogens with zero attached hydrogens (tertiary/aromatic N) is 1. The first-order chi connectivity index (χ1) is 11.2. The number of aliphatic hydroxyl groups excluding tert-OH is 2. The van der Waals surface area contributed by atoms with Crippen LogP contribution in [0.1, 0.15) is 71.1 Å². The first-order valence-electron chi connectivity index (χ1n) is 9.81. The fraction of sp³-hybridized carbons (Fsp3) is 1.00. The summed E-state index contributed by atoms with van der Waals surface area (Å²) < 4.78 is 6.40. The molecule has 0 atom stereocenters. The second-order valence-electron chi connectivity index (χ2n) is 7.03. The number of aliphatic hydroxyl groups is 2. The van der Waals surface area contributed by atoms with Gasteiger partial charge in [0, 0.05) is 6.61 Å². The van der Waals surface area contributed by atoms with E-state index in [0.29, 0.717) is 24.2 Å². The largest absolute Gasteiger partial charge is 0.391 e. The van der Waals surface area contributed by atoms with E-state index in [1.165, 1.54) is 57.8 Å². The molecule has 4 heteroatoms. The Morgan fingerprint density at radius 3 is 1.61 bits per heavy atom. The Kier molecular flexibility index (Phi) is 16.6. The molecule has 140 valence electrons. The number of hydrogen-bond acceptors (Lipinski definition) is 3. The number of rotatable bonds is 18. The van der Waals surface area contributed by atoms with Crippen LogP contribution in [0, 0.1) is 0 Å². The molecule has 0 spiro atoms. The van der Waals surface area contributed by atoms with Crippen molar-refractivity contribution in [3.8, 4) is 0 Å². The van der Waals surface area contributed by atoms with E-state index in [1.807, 2.05) is 0 Å². The van der Waals surface area contributed by atoms with E-state index in [9.17, 15) is 0 Å². The molecule has 0 amide bonds. The zero-order chi connectivity index (χ0) is 17.2. The van der Waals surface area contributed by atoms with Crippen molar-refractivity contribution in [1.82, 2.24) is 0 Å². The van der Waals surface area contributed by atoms with Gasteiger partial charge in [-0.05, 0) is 6.42 Å². The van der Waals surface area contributed by atoms with Crippen LogP contribution in [0.4, 0.5) is 0 Å². The molecule has 0 rings (SSSR count). The summed E-state index contributed by atoms with van der Waals surface area (Å²) in [5.41, 5.74) is 0. The summed E-state index contributed by atoms with van der Waals surface area (Å²) in [5.74, 6) is 0. The van der Waals surface area contributed by atoms with Gasteiger partial charge in [-0.15, -0.1) is 0 Å². The minimum Gasteiger partial charge on any atom is -0.391 e. The Hall–Kier alpha value is -0.160. The highest BCUT2D eigenvalue weighted by atomic mass is 16.5. The van der Waals surface area contributed by atoms with Gasteiger partial charge in [-0.3, -0.25) is 0 Å². The standard InChI is InChI=1S/C19H42NO3/c1-3-4-5-6-7-8-9-10-11-12-18-23-19-15-20(2,13-16-21)14-17-22/h21-22H,3-19H2,1-2H3/q+1. The lowest BCUT2D eigenvalue weighted by Gasteiger charge is -2.33. The Bertz CT molecular complexity index is 231. The van der Waals surface area contributed by atoms with Crippen LogP contribution in [-0.4, -0.2) is 67.8 Å². The summed E-state index contributed by atoms with van der Waals surface area (Å²) in [5, 5.41) is 18.2. The van der Waals surface area contributed by atoms with Crippen molar-refractivity contribution >= 4 is 0 Å². The average molecular weight is 333 g/mol. The van der Waals surface area contributed by atoms with Crippen LogP contribution in [0.3, 0.4) is 0 Å². The minimum absolute atomic E-state index is 0.162. The van der Waals surface area contributed by atoms with Crippen LogP contribution in [0.5, 0.6) is 0 Å². The van der Waals surface area contributed by atoms with Crippen molar-refractivity contribution in [3.05, 3.63) is 0 Å². The third-order valence-corrected chi connectivity index (χ3v) is 4.70. The third kappa shape index (κ3) is 15.1. The number of likely N-dealkylation sites (N-methyl/N-ethyl adjacent to an activating group) is 1. The van der Waals surface area contributed by atoms with Crippen LogP contribution < -0.4 is 0 Å². The van der Waals surface area contributed by atoms with Gasteiger partial charge in [0.2, 0.25) is 0 Å².